The minimum absolute atomic E-state index is 0.0829. The van der Waals surface area contributed by atoms with Crippen LogP contribution in [-0.2, 0) is 11.0 Å². The molecule has 2 aromatic carbocycles. The van der Waals surface area contributed by atoms with E-state index in [1.54, 1.807) is 17.0 Å². The average molecular weight is 365 g/mol. The lowest BCUT2D eigenvalue weighted by Crippen LogP contribution is -2.58. The van der Waals surface area contributed by atoms with Crippen LogP contribution in [0.25, 0.3) is 0 Å². The van der Waals surface area contributed by atoms with Gasteiger partial charge in [-0.3, -0.25) is 5.41 Å². The topological polar surface area (TPSA) is 39.1 Å². The summed E-state index contributed by atoms with van der Waals surface area (Å²) in [4.78, 5) is 1.77. The molecule has 0 radical (unpaired) electrons. The van der Waals surface area contributed by atoms with Crippen LogP contribution in [-0.4, -0.2) is 17.9 Å². The molecule has 1 aliphatic heterocycles. The van der Waals surface area contributed by atoms with E-state index in [9.17, 15) is 4.39 Å². The molecule has 4 heteroatoms. The molecule has 0 saturated carbocycles. The van der Waals surface area contributed by atoms with Crippen LogP contribution in [0.5, 0.6) is 0 Å². The Balaban J connectivity index is 2.11. The van der Waals surface area contributed by atoms with E-state index in [1.165, 1.54) is 17.7 Å². The highest BCUT2D eigenvalue weighted by Gasteiger charge is 2.45. The summed E-state index contributed by atoms with van der Waals surface area (Å²) in [6.07, 6.45) is 0. The molecule has 1 saturated heterocycles. The molecule has 0 bridgehead atoms. The summed E-state index contributed by atoms with van der Waals surface area (Å²) in [5.74, 6) is -0.0688. The van der Waals surface area contributed by atoms with Crippen LogP contribution < -0.4 is 5.32 Å². The summed E-state index contributed by atoms with van der Waals surface area (Å²) >= 11 is 0. The highest BCUT2D eigenvalue weighted by Crippen LogP contribution is 2.45. The number of hydrogen-bond acceptors (Lipinski definition) is 1. The van der Waals surface area contributed by atoms with E-state index in [2.05, 4.69) is 63.9 Å². The van der Waals surface area contributed by atoms with Gasteiger partial charge in [0.25, 0.3) is 0 Å². The first kappa shape index (κ1) is 19.2. The Morgan fingerprint density at radius 1 is 1.07 bits per heavy atom. The summed E-state index contributed by atoms with van der Waals surface area (Å²) in [7, 11) is 1.85. The number of likely N-dealkylation sites (N-methyl/N-ethyl adjacent to an activating group) is 1. The first-order valence-corrected chi connectivity index (χ1v) is 9.20. The molecule has 142 valence electrons. The first-order valence-electron chi connectivity index (χ1n) is 9.20. The molecule has 2 N–H and O–H groups in total. The SMILES string of the molecule is C=C1[C@@H](c2ccc(C(C)(C)C)cc2)[C@@](C)(c2ccc(F)cc2)NC(=N)N1C. The zero-order valence-corrected chi connectivity index (χ0v) is 16.7. The molecule has 1 fully saturated rings. The highest BCUT2D eigenvalue weighted by atomic mass is 19.1. The fourth-order valence-electron chi connectivity index (χ4n) is 3.81. The number of halogens is 1. The summed E-state index contributed by atoms with van der Waals surface area (Å²) in [5.41, 5.74) is 3.63. The molecule has 0 aliphatic carbocycles. The predicted octanol–water partition coefficient (Wildman–Crippen LogP) is 5.11. The van der Waals surface area contributed by atoms with Crippen molar-refractivity contribution < 1.29 is 4.39 Å². The Kier molecular flexibility index (Phi) is 4.62. The third kappa shape index (κ3) is 3.36. The van der Waals surface area contributed by atoms with Crippen molar-refractivity contribution >= 4 is 5.96 Å². The summed E-state index contributed by atoms with van der Waals surface area (Å²) in [6, 6.07) is 15.1. The summed E-state index contributed by atoms with van der Waals surface area (Å²) in [5, 5.41) is 11.6. The third-order valence-electron chi connectivity index (χ3n) is 5.61. The van der Waals surface area contributed by atoms with Crippen molar-refractivity contribution in [1.29, 1.82) is 5.41 Å². The lowest BCUT2D eigenvalue weighted by atomic mass is 9.72. The number of nitrogens with one attached hydrogen (secondary N) is 2. The minimum Gasteiger partial charge on any atom is -0.346 e. The fraction of sp³-hybridized carbons (Fsp3) is 0.348. The van der Waals surface area contributed by atoms with Crippen molar-refractivity contribution in [2.24, 2.45) is 0 Å². The molecule has 2 aromatic rings. The van der Waals surface area contributed by atoms with E-state index in [1.807, 2.05) is 7.05 Å². The third-order valence-corrected chi connectivity index (χ3v) is 5.61. The van der Waals surface area contributed by atoms with Crippen molar-refractivity contribution in [2.75, 3.05) is 7.05 Å². The van der Waals surface area contributed by atoms with Crippen molar-refractivity contribution in [3.8, 4) is 0 Å². The lowest BCUT2D eigenvalue weighted by molar-refractivity contribution is 0.292. The Labute approximate surface area is 161 Å². The monoisotopic (exact) mass is 365 g/mol. The van der Waals surface area contributed by atoms with Crippen molar-refractivity contribution in [3.05, 3.63) is 83.3 Å². The summed E-state index contributed by atoms with van der Waals surface area (Å²) in [6.45, 7) is 12.9. The van der Waals surface area contributed by atoms with Crippen molar-refractivity contribution in [1.82, 2.24) is 10.2 Å². The van der Waals surface area contributed by atoms with Crippen LogP contribution >= 0.6 is 0 Å². The van der Waals surface area contributed by atoms with Gasteiger partial charge in [0.1, 0.15) is 5.82 Å². The largest absolute Gasteiger partial charge is 0.346 e. The van der Waals surface area contributed by atoms with Crippen LogP contribution in [0.4, 0.5) is 4.39 Å². The number of hydrogen-bond donors (Lipinski definition) is 2. The normalized spacial score (nSPS) is 23.3. The molecule has 2 atom stereocenters. The fourth-order valence-corrected chi connectivity index (χ4v) is 3.81. The van der Waals surface area contributed by atoms with E-state index in [4.69, 9.17) is 5.41 Å². The van der Waals surface area contributed by atoms with Crippen LogP contribution in [0.2, 0.25) is 0 Å². The molecule has 0 aromatic heterocycles. The molecule has 3 nitrogen and oxygen atoms in total. The minimum atomic E-state index is -0.600. The van der Waals surface area contributed by atoms with E-state index < -0.39 is 5.54 Å². The molecule has 27 heavy (non-hydrogen) atoms. The number of nitrogens with zero attached hydrogens (tertiary/aromatic N) is 1. The molecule has 1 heterocycles. The first-order chi connectivity index (χ1) is 12.5. The van der Waals surface area contributed by atoms with Gasteiger partial charge in [0.15, 0.2) is 5.96 Å². The van der Waals surface area contributed by atoms with E-state index in [0.29, 0.717) is 0 Å². The number of guanidine groups is 1. The van der Waals surface area contributed by atoms with Crippen molar-refractivity contribution in [3.63, 3.8) is 0 Å². The van der Waals surface area contributed by atoms with Gasteiger partial charge < -0.3 is 10.2 Å². The molecular weight excluding hydrogens is 337 g/mol. The van der Waals surface area contributed by atoms with Crippen LogP contribution in [0, 0.1) is 11.2 Å². The second-order valence-corrected chi connectivity index (χ2v) is 8.54. The van der Waals surface area contributed by atoms with Crippen molar-refractivity contribution in [2.45, 2.75) is 44.6 Å². The maximum atomic E-state index is 13.5. The molecule has 0 unspecified atom stereocenters. The van der Waals surface area contributed by atoms with Gasteiger partial charge >= 0.3 is 0 Å². The Morgan fingerprint density at radius 2 is 1.63 bits per heavy atom. The second kappa shape index (κ2) is 6.52. The van der Waals surface area contributed by atoms with Crippen LogP contribution in [0.15, 0.2) is 60.8 Å². The van der Waals surface area contributed by atoms with Gasteiger partial charge in [0.2, 0.25) is 0 Å². The standard InChI is InChI=1S/C23H28FN3/c1-15-20(16-7-9-17(10-8-16)22(2,3)4)23(5,26-21(25)27(15)6)18-11-13-19(24)14-12-18/h7-14,20H,1H2,2-6H3,(H2,25,26)/t20-,23+/m0/s1. The number of benzene rings is 2. The zero-order chi connectivity index (χ0) is 20.0. The summed E-state index contributed by atoms with van der Waals surface area (Å²) < 4.78 is 13.5. The highest BCUT2D eigenvalue weighted by molar-refractivity contribution is 5.81. The van der Waals surface area contributed by atoms with E-state index in [-0.39, 0.29) is 23.1 Å². The van der Waals surface area contributed by atoms with Crippen LogP contribution in [0.3, 0.4) is 0 Å². The van der Waals surface area contributed by atoms with E-state index in [0.717, 1.165) is 16.8 Å². The second-order valence-electron chi connectivity index (χ2n) is 8.54. The number of rotatable bonds is 2. The maximum absolute atomic E-state index is 13.5. The molecular formula is C23H28FN3. The zero-order valence-electron chi connectivity index (χ0n) is 16.7. The van der Waals surface area contributed by atoms with Gasteiger partial charge in [-0.25, -0.2) is 4.39 Å². The lowest BCUT2D eigenvalue weighted by Gasteiger charge is -2.48. The van der Waals surface area contributed by atoms with Gasteiger partial charge in [-0.15, -0.1) is 0 Å². The van der Waals surface area contributed by atoms with Gasteiger partial charge in [-0.05, 0) is 41.2 Å². The van der Waals surface area contributed by atoms with E-state index >= 15 is 0 Å². The Bertz CT molecular complexity index is 862. The quantitative estimate of drug-likeness (QED) is 0.777. The van der Waals surface area contributed by atoms with Crippen LogP contribution in [0.1, 0.15) is 50.3 Å². The Hall–Kier alpha value is -2.62. The smallest absolute Gasteiger partial charge is 0.195 e. The predicted molar refractivity (Wildman–Crippen MR) is 109 cm³/mol. The van der Waals surface area contributed by atoms with Gasteiger partial charge in [-0.1, -0.05) is 63.7 Å². The average Bonchev–Trinajstić information content (AvgIpc) is 2.60. The van der Waals surface area contributed by atoms with Gasteiger partial charge in [0, 0.05) is 12.7 Å². The molecule has 3 rings (SSSR count). The molecule has 0 spiro atoms. The maximum Gasteiger partial charge on any atom is 0.195 e. The molecule has 1 aliphatic rings. The Morgan fingerprint density at radius 3 is 2.15 bits per heavy atom. The van der Waals surface area contributed by atoms with Gasteiger partial charge in [0.05, 0.1) is 11.5 Å². The van der Waals surface area contributed by atoms with Gasteiger partial charge in [-0.2, -0.15) is 0 Å². The molecule has 0 amide bonds.